The van der Waals surface area contributed by atoms with E-state index in [9.17, 15) is 32.3 Å². The number of fused-ring (bicyclic) bond motifs is 1. The van der Waals surface area contributed by atoms with Gasteiger partial charge in [-0.25, -0.2) is 9.18 Å². The third kappa shape index (κ3) is 5.43. The molecule has 0 fully saturated rings. The van der Waals surface area contributed by atoms with Gasteiger partial charge >= 0.3 is 12.1 Å². The van der Waals surface area contributed by atoms with Crippen molar-refractivity contribution in [2.75, 3.05) is 23.5 Å². The Morgan fingerprint density at radius 3 is 2.39 bits per heavy atom. The van der Waals surface area contributed by atoms with Crippen molar-refractivity contribution in [2.45, 2.75) is 32.2 Å². The minimum Gasteiger partial charge on any atom is -0.452 e. The van der Waals surface area contributed by atoms with Crippen LogP contribution < -0.4 is 30.5 Å². The highest BCUT2D eigenvalue weighted by Crippen LogP contribution is 2.38. The first-order chi connectivity index (χ1) is 17.9. The van der Waals surface area contributed by atoms with Crippen LogP contribution >= 0.6 is 11.6 Å². The van der Waals surface area contributed by atoms with Gasteiger partial charge in [0.05, 0.1) is 0 Å². The van der Waals surface area contributed by atoms with Crippen LogP contribution in [0.25, 0.3) is 0 Å². The van der Waals surface area contributed by atoms with E-state index >= 15 is 0 Å². The Balaban J connectivity index is 1.81. The summed E-state index contributed by atoms with van der Waals surface area (Å²) >= 11 is 5.99. The maximum atomic E-state index is 14.0. The fraction of sp³-hybridized carbons (Fsp3) is 0.333. The summed E-state index contributed by atoms with van der Waals surface area (Å²) in [6, 6.07) is 9.36. The van der Waals surface area contributed by atoms with Gasteiger partial charge in [-0.15, -0.1) is 13.2 Å². The molecule has 1 N–H and O–H groups in total. The van der Waals surface area contributed by atoms with Crippen LogP contribution in [0, 0.1) is 5.82 Å². The topological polar surface area (TPSA) is 89.2 Å². The number of ether oxygens (including phenoxy) is 2. The van der Waals surface area contributed by atoms with Gasteiger partial charge in [0.1, 0.15) is 17.3 Å². The Bertz CT molecular complexity index is 1440. The van der Waals surface area contributed by atoms with Crippen LogP contribution in [0.4, 0.5) is 29.1 Å². The lowest BCUT2D eigenvalue weighted by Crippen LogP contribution is -2.46. The summed E-state index contributed by atoms with van der Waals surface area (Å²) in [5.74, 6) is -2.31. The molecule has 1 aliphatic heterocycles. The molecule has 0 saturated heterocycles. The Hall–Kier alpha value is -3.71. The molecule has 1 aromatic heterocycles. The molecule has 2 heterocycles. The van der Waals surface area contributed by atoms with E-state index in [1.54, 1.807) is 31.3 Å². The summed E-state index contributed by atoms with van der Waals surface area (Å²) in [6.07, 6.45) is -6.09. The molecule has 0 bridgehead atoms. The van der Waals surface area contributed by atoms with Gasteiger partial charge in [-0.1, -0.05) is 23.7 Å². The Morgan fingerprint density at radius 2 is 1.76 bits per heavy atom. The van der Waals surface area contributed by atoms with Crippen molar-refractivity contribution in [3.8, 4) is 11.5 Å². The molecule has 0 aliphatic carbocycles. The number of aromatic nitrogens is 2. The summed E-state index contributed by atoms with van der Waals surface area (Å²) < 4.78 is 64.2. The first kappa shape index (κ1) is 27.3. The second-order valence-electron chi connectivity index (χ2n) is 8.50. The minimum absolute atomic E-state index is 0.0323. The van der Waals surface area contributed by atoms with Crippen LogP contribution in [0.1, 0.15) is 12.0 Å². The average molecular weight is 559 g/mol. The normalized spacial score (nSPS) is 15.1. The molecule has 1 aliphatic rings. The highest BCUT2D eigenvalue weighted by Gasteiger charge is 2.41. The van der Waals surface area contributed by atoms with E-state index < -0.39 is 35.5 Å². The SMILES string of the molecule is CN1c2c(c(=O)n(CCCO)c(=O)n2C)N(Cc2ccc(Cl)cc2)C1Oc1ccc(F)c(OC(F)(F)F)c1. The van der Waals surface area contributed by atoms with Crippen LogP contribution in [0.5, 0.6) is 11.5 Å². The smallest absolute Gasteiger partial charge is 0.452 e. The van der Waals surface area contributed by atoms with Crippen LogP contribution in [-0.2, 0) is 20.1 Å². The number of alkyl halides is 3. The zero-order valence-corrected chi connectivity index (χ0v) is 21.0. The van der Waals surface area contributed by atoms with Gasteiger partial charge in [0.15, 0.2) is 11.6 Å². The second-order valence-corrected chi connectivity index (χ2v) is 8.93. The third-order valence-corrected chi connectivity index (χ3v) is 6.14. The number of hydrogen-bond donors (Lipinski definition) is 1. The van der Waals surface area contributed by atoms with E-state index in [-0.39, 0.29) is 43.4 Å². The molecule has 0 spiro atoms. The number of rotatable bonds is 8. The van der Waals surface area contributed by atoms with E-state index in [4.69, 9.17) is 16.3 Å². The Labute approximate surface area is 218 Å². The zero-order valence-electron chi connectivity index (χ0n) is 20.2. The van der Waals surface area contributed by atoms with E-state index in [0.29, 0.717) is 10.6 Å². The van der Waals surface area contributed by atoms with Crippen molar-refractivity contribution in [1.82, 2.24) is 9.13 Å². The van der Waals surface area contributed by atoms with E-state index in [0.717, 1.165) is 22.8 Å². The van der Waals surface area contributed by atoms with Gasteiger partial charge in [0.25, 0.3) is 11.9 Å². The highest BCUT2D eigenvalue weighted by molar-refractivity contribution is 6.30. The van der Waals surface area contributed by atoms with E-state index in [1.807, 2.05) is 0 Å². The lowest BCUT2D eigenvalue weighted by Gasteiger charge is -2.30. The van der Waals surface area contributed by atoms with Gasteiger partial charge in [-0.05, 0) is 36.2 Å². The molecule has 9 nitrogen and oxygen atoms in total. The number of aliphatic hydroxyl groups is 1. The molecular weight excluding hydrogens is 536 g/mol. The molecule has 2 aromatic carbocycles. The lowest BCUT2D eigenvalue weighted by molar-refractivity contribution is -0.275. The standard InChI is InChI=1S/C24H23ClF4N4O5/c1-30-20-19(21(35)32(22(30)36)10-3-11-34)33(13-14-4-6-15(25)7-5-14)23(31(20)2)37-16-8-9-17(26)18(12-16)38-24(27,28)29/h4-9,12,23,34H,3,10-11,13H2,1-2H3. The van der Waals surface area contributed by atoms with Crippen molar-refractivity contribution in [1.29, 1.82) is 0 Å². The van der Waals surface area contributed by atoms with Gasteiger partial charge in [-0.3, -0.25) is 13.9 Å². The van der Waals surface area contributed by atoms with Crippen molar-refractivity contribution in [3.05, 3.63) is 79.7 Å². The molecule has 0 amide bonds. The Morgan fingerprint density at radius 1 is 1.08 bits per heavy atom. The molecule has 4 rings (SSSR count). The predicted octanol–water partition coefficient (Wildman–Crippen LogP) is 3.44. The molecule has 0 saturated carbocycles. The highest BCUT2D eigenvalue weighted by atomic mass is 35.5. The largest absolute Gasteiger partial charge is 0.573 e. The lowest BCUT2D eigenvalue weighted by atomic mass is 10.2. The number of benzene rings is 2. The van der Waals surface area contributed by atoms with Crippen LogP contribution in [0.15, 0.2) is 52.1 Å². The summed E-state index contributed by atoms with van der Waals surface area (Å²) in [4.78, 5) is 29.5. The van der Waals surface area contributed by atoms with Crippen LogP contribution in [-0.4, -0.2) is 40.6 Å². The maximum absolute atomic E-state index is 14.0. The van der Waals surface area contributed by atoms with Gasteiger partial charge in [-0.2, -0.15) is 0 Å². The molecule has 204 valence electrons. The third-order valence-electron chi connectivity index (χ3n) is 5.89. The van der Waals surface area contributed by atoms with Crippen molar-refractivity contribution >= 4 is 23.1 Å². The summed E-state index contributed by atoms with van der Waals surface area (Å²) in [7, 11) is 3.00. The van der Waals surface area contributed by atoms with Crippen molar-refractivity contribution in [2.24, 2.45) is 7.05 Å². The number of hydrogen-bond acceptors (Lipinski definition) is 7. The first-order valence-corrected chi connectivity index (χ1v) is 11.7. The number of anilines is 2. The maximum Gasteiger partial charge on any atom is 0.573 e. The molecule has 1 atom stereocenters. The fourth-order valence-electron chi connectivity index (χ4n) is 4.21. The number of aliphatic hydroxyl groups excluding tert-OH is 1. The number of halogens is 5. The minimum atomic E-state index is -5.13. The van der Waals surface area contributed by atoms with E-state index in [2.05, 4.69) is 4.74 Å². The zero-order chi connectivity index (χ0) is 27.8. The fourth-order valence-corrected chi connectivity index (χ4v) is 4.34. The molecular formula is C24H23ClF4N4O5. The first-order valence-electron chi connectivity index (χ1n) is 11.3. The van der Waals surface area contributed by atoms with Gasteiger partial charge in [0.2, 0.25) is 0 Å². The van der Waals surface area contributed by atoms with Gasteiger partial charge < -0.3 is 24.4 Å². The molecule has 14 heteroatoms. The molecule has 3 aromatic rings. The molecule has 1 unspecified atom stereocenters. The quantitative estimate of drug-likeness (QED) is 0.424. The van der Waals surface area contributed by atoms with Crippen LogP contribution in [0.2, 0.25) is 5.02 Å². The molecule has 38 heavy (non-hydrogen) atoms. The van der Waals surface area contributed by atoms with Gasteiger partial charge in [0, 0.05) is 44.9 Å². The van der Waals surface area contributed by atoms with Crippen LogP contribution in [0.3, 0.4) is 0 Å². The van der Waals surface area contributed by atoms with E-state index in [1.165, 1.54) is 21.4 Å². The predicted molar refractivity (Wildman–Crippen MR) is 131 cm³/mol. The molecule has 0 radical (unpaired) electrons. The monoisotopic (exact) mass is 558 g/mol. The number of nitrogens with zero attached hydrogens (tertiary/aromatic N) is 4. The Kier molecular flexibility index (Phi) is 7.61. The summed E-state index contributed by atoms with van der Waals surface area (Å²) in [6.45, 7) is -0.186. The second kappa shape index (κ2) is 10.6. The summed E-state index contributed by atoms with van der Waals surface area (Å²) in [5, 5.41) is 9.71. The summed E-state index contributed by atoms with van der Waals surface area (Å²) in [5.41, 5.74) is -0.451. The van der Waals surface area contributed by atoms with Crippen molar-refractivity contribution < 1.29 is 32.1 Å². The van der Waals surface area contributed by atoms with Crippen molar-refractivity contribution in [3.63, 3.8) is 0 Å². The average Bonchev–Trinajstić information content (AvgIpc) is 3.11.